The first-order valence-corrected chi connectivity index (χ1v) is 6.20. The van der Waals surface area contributed by atoms with Crippen molar-refractivity contribution in [2.75, 3.05) is 26.3 Å². The summed E-state index contributed by atoms with van der Waals surface area (Å²) in [5.74, 6) is 0.698. The van der Waals surface area contributed by atoms with E-state index in [4.69, 9.17) is 16.3 Å². The van der Waals surface area contributed by atoms with Crippen LogP contribution in [0.1, 0.15) is 32.6 Å². The Bertz CT molecular complexity index is 143. The molecule has 0 aromatic carbocycles. The van der Waals surface area contributed by atoms with Gasteiger partial charge in [0, 0.05) is 18.6 Å². The Morgan fingerprint density at radius 2 is 2.29 bits per heavy atom. The van der Waals surface area contributed by atoms with E-state index in [2.05, 4.69) is 5.32 Å². The van der Waals surface area contributed by atoms with Gasteiger partial charge in [0.25, 0.3) is 0 Å². The predicted octanol–water partition coefficient (Wildman–Crippen LogP) is 2.41. The molecule has 84 valence electrons. The molecule has 2 nitrogen and oxygen atoms in total. The molecular weight excluding hydrogens is 198 g/mol. The van der Waals surface area contributed by atoms with Gasteiger partial charge in [0.1, 0.15) is 0 Å². The van der Waals surface area contributed by atoms with Gasteiger partial charge in [-0.15, -0.1) is 11.6 Å². The van der Waals surface area contributed by atoms with E-state index in [0.717, 1.165) is 32.7 Å². The van der Waals surface area contributed by atoms with Crippen LogP contribution in [0.5, 0.6) is 0 Å². The third kappa shape index (κ3) is 4.63. The fraction of sp³-hybridized carbons (Fsp3) is 1.00. The van der Waals surface area contributed by atoms with Crippen LogP contribution in [0, 0.1) is 5.92 Å². The zero-order valence-corrected chi connectivity index (χ0v) is 9.85. The third-order valence-electron chi connectivity index (χ3n) is 2.82. The first-order chi connectivity index (χ1) is 6.84. The zero-order valence-electron chi connectivity index (χ0n) is 9.10. The Labute approximate surface area is 92.3 Å². The summed E-state index contributed by atoms with van der Waals surface area (Å²) in [6.45, 7) is 5.87. The molecule has 0 aliphatic heterocycles. The van der Waals surface area contributed by atoms with Gasteiger partial charge in [0.05, 0.1) is 0 Å². The summed E-state index contributed by atoms with van der Waals surface area (Å²) in [6.07, 6.45) is 4.91. The van der Waals surface area contributed by atoms with Crippen molar-refractivity contribution in [3.05, 3.63) is 0 Å². The zero-order chi connectivity index (χ0) is 10.2. The van der Waals surface area contributed by atoms with Crippen LogP contribution >= 0.6 is 11.6 Å². The number of nitrogens with one attached hydrogen (secondary N) is 1. The van der Waals surface area contributed by atoms with Crippen LogP contribution in [0.4, 0.5) is 0 Å². The molecule has 0 saturated heterocycles. The molecule has 0 aromatic heterocycles. The fourth-order valence-corrected chi connectivity index (χ4v) is 2.32. The first-order valence-electron chi connectivity index (χ1n) is 5.77. The van der Waals surface area contributed by atoms with E-state index in [0.29, 0.717) is 11.3 Å². The van der Waals surface area contributed by atoms with Crippen molar-refractivity contribution >= 4 is 11.6 Å². The summed E-state index contributed by atoms with van der Waals surface area (Å²) in [7, 11) is 0. The average Bonchev–Trinajstić information content (AvgIpc) is 2.58. The molecule has 0 aromatic rings. The molecule has 2 unspecified atom stereocenters. The minimum absolute atomic E-state index is 0.411. The summed E-state index contributed by atoms with van der Waals surface area (Å²) in [5, 5.41) is 3.86. The number of halogens is 1. The highest BCUT2D eigenvalue weighted by Crippen LogP contribution is 2.29. The van der Waals surface area contributed by atoms with Gasteiger partial charge in [-0.1, -0.05) is 6.42 Å². The van der Waals surface area contributed by atoms with Gasteiger partial charge >= 0.3 is 0 Å². The van der Waals surface area contributed by atoms with Crippen molar-refractivity contribution in [2.24, 2.45) is 5.92 Å². The molecule has 0 bridgehead atoms. The maximum Gasteiger partial charge on any atom is 0.0477 e. The highest BCUT2D eigenvalue weighted by atomic mass is 35.5. The standard InChI is InChI=1S/C11H22ClNO/c1-2-14-8-4-7-13-9-10-5-3-6-11(10)12/h10-11,13H,2-9H2,1H3. The van der Waals surface area contributed by atoms with Crippen LogP contribution in [0.2, 0.25) is 0 Å². The average molecular weight is 220 g/mol. The number of ether oxygens (including phenoxy) is 1. The molecule has 2 atom stereocenters. The Morgan fingerprint density at radius 3 is 2.93 bits per heavy atom. The molecule has 1 rings (SSSR count). The molecule has 14 heavy (non-hydrogen) atoms. The largest absolute Gasteiger partial charge is 0.382 e. The summed E-state index contributed by atoms with van der Waals surface area (Å²) in [6, 6.07) is 0. The number of alkyl halides is 1. The minimum Gasteiger partial charge on any atom is -0.382 e. The van der Waals surface area contributed by atoms with Crippen LogP contribution in [0.15, 0.2) is 0 Å². The quantitative estimate of drug-likeness (QED) is 0.525. The first kappa shape index (κ1) is 12.3. The third-order valence-corrected chi connectivity index (χ3v) is 3.39. The molecule has 0 heterocycles. The SMILES string of the molecule is CCOCCCNCC1CCCC1Cl. The Kier molecular flexibility index (Phi) is 6.57. The maximum atomic E-state index is 6.18. The molecule has 0 radical (unpaired) electrons. The Balaban J connectivity index is 1.88. The van der Waals surface area contributed by atoms with Crippen molar-refractivity contribution in [1.82, 2.24) is 5.32 Å². The molecule has 3 heteroatoms. The lowest BCUT2D eigenvalue weighted by Crippen LogP contribution is -2.26. The second-order valence-corrected chi connectivity index (χ2v) is 4.52. The van der Waals surface area contributed by atoms with Gasteiger partial charge < -0.3 is 10.1 Å². The normalized spacial score (nSPS) is 27.0. The second-order valence-electron chi connectivity index (χ2n) is 3.96. The van der Waals surface area contributed by atoms with E-state index in [1.54, 1.807) is 0 Å². The minimum atomic E-state index is 0.411. The van der Waals surface area contributed by atoms with Crippen molar-refractivity contribution in [1.29, 1.82) is 0 Å². The van der Waals surface area contributed by atoms with E-state index in [1.807, 2.05) is 6.92 Å². The number of hydrogen-bond donors (Lipinski definition) is 1. The topological polar surface area (TPSA) is 21.3 Å². The van der Waals surface area contributed by atoms with Crippen molar-refractivity contribution in [3.63, 3.8) is 0 Å². The van der Waals surface area contributed by atoms with E-state index >= 15 is 0 Å². The van der Waals surface area contributed by atoms with E-state index in [1.165, 1.54) is 19.3 Å². The summed E-state index contributed by atoms with van der Waals surface area (Å²) < 4.78 is 5.26. The molecule has 0 amide bonds. The summed E-state index contributed by atoms with van der Waals surface area (Å²) >= 11 is 6.18. The number of rotatable bonds is 7. The van der Waals surface area contributed by atoms with Crippen molar-refractivity contribution < 1.29 is 4.74 Å². The lowest BCUT2D eigenvalue weighted by atomic mass is 10.1. The summed E-state index contributed by atoms with van der Waals surface area (Å²) in [5.41, 5.74) is 0. The van der Waals surface area contributed by atoms with E-state index in [9.17, 15) is 0 Å². The van der Waals surface area contributed by atoms with Gasteiger partial charge in [-0.25, -0.2) is 0 Å². The molecular formula is C11H22ClNO. The highest BCUT2D eigenvalue weighted by molar-refractivity contribution is 6.20. The highest BCUT2D eigenvalue weighted by Gasteiger charge is 2.24. The lowest BCUT2D eigenvalue weighted by Gasteiger charge is -2.14. The number of hydrogen-bond acceptors (Lipinski definition) is 2. The van der Waals surface area contributed by atoms with Gasteiger partial charge in [-0.3, -0.25) is 0 Å². The van der Waals surface area contributed by atoms with Crippen LogP contribution in [0.3, 0.4) is 0 Å². The smallest absolute Gasteiger partial charge is 0.0477 e. The van der Waals surface area contributed by atoms with Gasteiger partial charge in [0.2, 0.25) is 0 Å². The molecule has 1 fully saturated rings. The molecule has 1 aliphatic rings. The molecule has 0 spiro atoms. The molecule has 1 saturated carbocycles. The maximum absolute atomic E-state index is 6.18. The molecule has 1 aliphatic carbocycles. The van der Waals surface area contributed by atoms with Crippen molar-refractivity contribution in [2.45, 2.75) is 38.0 Å². The monoisotopic (exact) mass is 219 g/mol. The van der Waals surface area contributed by atoms with Crippen LogP contribution in [0.25, 0.3) is 0 Å². The van der Waals surface area contributed by atoms with Crippen molar-refractivity contribution in [3.8, 4) is 0 Å². The Hall–Kier alpha value is 0.210. The second kappa shape index (κ2) is 7.49. The summed E-state index contributed by atoms with van der Waals surface area (Å²) in [4.78, 5) is 0. The van der Waals surface area contributed by atoms with Gasteiger partial charge in [-0.2, -0.15) is 0 Å². The van der Waals surface area contributed by atoms with Gasteiger partial charge in [0.15, 0.2) is 0 Å². The van der Waals surface area contributed by atoms with Crippen LogP contribution < -0.4 is 5.32 Å². The van der Waals surface area contributed by atoms with Crippen LogP contribution in [-0.4, -0.2) is 31.7 Å². The van der Waals surface area contributed by atoms with E-state index < -0.39 is 0 Å². The lowest BCUT2D eigenvalue weighted by molar-refractivity contribution is 0.144. The Morgan fingerprint density at radius 1 is 1.43 bits per heavy atom. The van der Waals surface area contributed by atoms with E-state index in [-0.39, 0.29) is 0 Å². The molecule has 1 N–H and O–H groups in total. The predicted molar refractivity (Wildman–Crippen MR) is 61.0 cm³/mol. The fourth-order valence-electron chi connectivity index (χ4n) is 1.95. The van der Waals surface area contributed by atoms with Gasteiger partial charge in [-0.05, 0) is 45.2 Å². The van der Waals surface area contributed by atoms with Crippen LogP contribution in [-0.2, 0) is 4.74 Å².